The van der Waals surface area contributed by atoms with Gasteiger partial charge in [0, 0.05) is 16.2 Å². The smallest absolute Gasteiger partial charge is 0.119 e. The highest BCUT2D eigenvalue weighted by molar-refractivity contribution is 9.10. The molecule has 0 bridgehead atoms. The zero-order valence-electron chi connectivity index (χ0n) is 13.0. The van der Waals surface area contributed by atoms with Gasteiger partial charge in [-0.1, -0.05) is 24.3 Å². The molecule has 0 aliphatic heterocycles. The van der Waals surface area contributed by atoms with Crippen LogP contribution in [0.25, 0.3) is 0 Å². The minimum Gasteiger partial charge on any atom is -0.491 e. The van der Waals surface area contributed by atoms with Crippen LogP contribution in [0, 0.1) is 6.92 Å². The number of nitrogens with one attached hydrogen (secondary N) is 1. The van der Waals surface area contributed by atoms with E-state index in [-0.39, 0.29) is 12.1 Å². The maximum Gasteiger partial charge on any atom is 0.119 e. The lowest BCUT2D eigenvalue weighted by Gasteiger charge is -2.18. The van der Waals surface area contributed by atoms with Crippen LogP contribution in [-0.4, -0.2) is 6.10 Å². The highest BCUT2D eigenvalue weighted by Gasteiger charge is 2.09. The van der Waals surface area contributed by atoms with Gasteiger partial charge in [-0.25, -0.2) is 0 Å². The average molecular weight is 348 g/mol. The van der Waals surface area contributed by atoms with E-state index in [1.165, 1.54) is 11.1 Å². The van der Waals surface area contributed by atoms with E-state index < -0.39 is 0 Å². The third kappa shape index (κ3) is 4.24. The number of aryl methyl sites for hydroxylation is 1. The van der Waals surface area contributed by atoms with Crippen LogP contribution >= 0.6 is 15.9 Å². The van der Waals surface area contributed by atoms with Gasteiger partial charge in [-0.3, -0.25) is 0 Å². The van der Waals surface area contributed by atoms with Crippen molar-refractivity contribution in [2.24, 2.45) is 0 Å². The molecule has 2 rings (SSSR count). The van der Waals surface area contributed by atoms with Crippen molar-refractivity contribution in [2.75, 3.05) is 5.32 Å². The van der Waals surface area contributed by atoms with Gasteiger partial charge in [0.25, 0.3) is 0 Å². The second kappa shape index (κ2) is 6.99. The summed E-state index contributed by atoms with van der Waals surface area (Å²) in [5.41, 5.74) is 3.58. The number of ether oxygens (including phenoxy) is 1. The van der Waals surface area contributed by atoms with E-state index in [1.54, 1.807) is 0 Å². The first-order chi connectivity index (χ1) is 9.97. The Morgan fingerprint density at radius 2 is 1.67 bits per heavy atom. The van der Waals surface area contributed by atoms with Gasteiger partial charge in [-0.2, -0.15) is 0 Å². The highest BCUT2D eigenvalue weighted by Crippen LogP contribution is 2.29. The van der Waals surface area contributed by atoms with Crippen LogP contribution in [0.15, 0.2) is 46.9 Å². The lowest BCUT2D eigenvalue weighted by molar-refractivity contribution is 0.242. The van der Waals surface area contributed by atoms with Crippen molar-refractivity contribution in [1.29, 1.82) is 0 Å². The molecule has 2 nitrogen and oxygen atoms in total. The lowest BCUT2D eigenvalue weighted by Crippen LogP contribution is -2.08. The Kier molecular flexibility index (Phi) is 5.29. The first-order valence-electron chi connectivity index (χ1n) is 7.25. The van der Waals surface area contributed by atoms with Crippen molar-refractivity contribution >= 4 is 21.6 Å². The van der Waals surface area contributed by atoms with Crippen molar-refractivity contribution < 1.29 is 4.74 Å². The third-order valence-corrected chi connectivity index (χ3v) is 4.37. The molecule has 1 atom stereocenters. The van der Waals surface area contributed by atoms with E-state index >= 15 is 0 Å². The van der Waals surface area contributed by atoms with Gasteiger partial charge in [0.2, 0.25) is 0 Å². The monoisotopic (exact) mass is 347 g/mol. The second-order valence-corrected chi connectivity index (χ2v) is 6.33. The SMILES string of the molecule is Cc1cccc(NC(C)c2ccc(OC(C)C)cc2)c1Br. The molecule has 2 aromatic carbocycles. The molecule has 0 aliphatic rings. The molecular formula is C18H22BrNO. The summed E-state index contributed by atoms with van der Waals surface area (Å²) in [6, 6.07) is 14.8. The summed E-state index contributed by atoms with van der Waals surface area (Å²) in [7, 11) is 0. The van der Waals surface area contributed by atoms with Crippen molar-refractivity contribution in [2.45, 2.75) is 39.8 Å². The number of anilines is 1. The minimum absolute atomic E-state index is 0.203. The molecule has 0 fully saturated rings. The predicted molar refractivity (Wildman–Crippen MR) is 93.1 cm³/mol. The summed E-state index contributed by atoms with van der Waals surface area (Å²) in [5, 5.41) is 3.54. The molecule has 1 unspecified atom stereocenters. The summed E-state index contributed by atoms with van der Waals surface area (Å²) in [4.78, 5) is 0. The zero-order chi connectivity index (χ0) is 15.4. The van der Waals surface area contributed by atoms with E-state index in [0.29, 0.717) is 0 Å². The van der Waals surface area contributed by atoms with Gasteiger partial charge in [0.15, 0.2) is 0 Å². The lowest BCUT2D eigenvalue weighted by atomic mass is 10.1. The van der Waals surface area contributed by atoms with Crippen LogP contribution in [-0.2, 0) is 0 Å². The largest absolute Gasteiger partial charge is 0.491 e. The maximum atomic E-state index is 5.67. The fourth-order valence-corrected chi connectivity index (χ4v) is 2.56. The third-order valence-electron chi connectivity index (χ3n) is 3.32. The summed E-state index contributed by atoms with van der Waals surface area (Å²) in [6.07, 6.45) is 0.203. The Morgan fingerprint density at radius 3 is 2.29 bits per heavy atom. The molecule has 0 spiro atoms. The van der Waals surface area contributed by atoms with Crippen LogP contribution in [0.1, 0.15) is 37.9 Å². The number of rotatable bonds is 5. The molecule has 0 saturated carbocycles. The molecule has 0 aliphatic carbocycles. The average Bonchev–Trinajstić information content (AvgIpc) is 2.44. The molecule has 0 saturated heterocycles. The van der Waals surface area contributed by atoms with Crippen LogP contribution < -0.4 is 10.1 Å². The molecule has 1 N–H and O–H groups in total. The van der Waals surface area contributed by atoms with Crippen LogP contribution in [0.2, 0.25) is 0 Å². The first-order valence-corrected chi connectivity index (χ1v) is 8.05. The molecular weight excluding hydrogens is 326 g/mol. The van der Waals surface area contributed by atoms with Crippen LogP contribution in [0.4, 0.5) is 5.69 Å². The van der Waals surface area contributed by atoms with Gasteiger partial charge in [-0.15, -0.1) is 0 Å². The van der Waals surface area contributed by atoms with E-state index in [1.807, 2.05) is 26.0 Å². The summed E-state index contributed by atoms with van der Waals surface area (Å²) in [5.74, 6) is 0.915. The molecule has 0 heterocycles. The molecule has 0 amide bonds. The summed E-state index contributed by atoms with van der Waals surface area (Å²) >= 11 is 3.64. The molecule has 0 aromatic heterocycles. The quantitative estimate of drug-likeness (QED) is 0.746. The number of hydrogen-bond acceptors (Lipinski definition) is 2. The Bertz CT molecular complexity index is 593. The Labute approximate surface area is 135 Å². The molecule has 2 aromatic rings. The van der Waals surface area contributed by atoms with Crippen molar-refractivity contribution in [3.8, 4) is 5.75 Å². The summed E-state index contributed by atoms with van der Waals surface area (Å²) in [6.45, 7) is 8.33. The van der Waals surface area contributed by atoms with Crippen molar-refractivity contribution in [3.05, 3.63) is 58.1 Å². The van der Waals surface area contributed by atoms with Crippen LogP contribution in [0.3, 0.4) is 0 Å². The van der Waals surface area contributed by atoms with E-state index in [2.05, 4.69) is 65.4 Å². The Morgan fingerprint density at radius 1 is 1.00 bits per heavy atom. The molecule has 112 valence electrons. The number of hydrogen-bond donors (Lipinski definition) is 1. The topological polar surface area (TPSA) is 21.3 Å². The van der Waals surface area contributed by atoms with Gasteiger partial charge in [0.05, 0.1) is 6.10 Å². The van der Waals surface area contributed by atoms with E-state index in [4.69, 9.17) is 4.74 Å². The Hall–Kier alpha value is -1.48. The first kappa shape index (κ1) is 15.9. The number of benzene rings is 2. The van der Waals surface area contributed by atoms with E-state index in [9.17, 15) is 0 Å². The number of halogens is 1. The standard InChI is InChI=1S/C18H22BrNO/c1-12(2)21-16-10-8-15(9-11-16)14(4)20-17-7-5-6-13(3)18(17)19/h5-12,14,20H,1-4H3. The van der Waals surface area contributed by atoms with Gasteiger partial charge in [-0.05, 0) is 73.0 Å². The van der Waals surface area contributed by atoms with Crippen molar-refractivity contribution in [3.63, 3.8) is 0 Å². The van der Waals surface area contributed by atoms with Gasteiger partial charge < -0.3 is 10.1 Å². The second-order valence-electron chi connectivity index (χ2n) is 5.54. The minimum atomic E-state index is 0.203. The Balaban J connectivity index is 2.09. The van der Waals surface area contributed by atoms with Crippen LogP contribution in [0.5, 0.6) is 5.75 Å². The fourth-order valence-electron chi connectivity index (χ4n) is 2.18. The highest BCUT2D eigenvalue weighted by atomic mass is 79.9. The predicted octanol–water partition coefficient (Wildman–Crippen LogP) is 5.72. The summed E-state index contributed by atoms with van der Waals surface area (Å²) < 4.78 is 6.80. The molecule has 0 radical (unpaired) electrons. The molecule has 21 heavy (non-hydrogen) atoms. The molecule has 3 heteroatoms. The van der Waals surface area contributed by atoms with E-state index in [0.717, 1.165) is 15.9 Å². The van der Waals surface area contributed by atoms with Crippen molar-refractivity contribution in [1.82, 2.24) is 0 Å². The van der Waals surface area contributed by atoms with Gasteiger partial charge >= 0.3 is 0 Å². The zero-order valence-corrected chi connectivity index (χ0v) is 14.6. The van der Waals surface area contributed by atoms with Gasteiger partial charge in [0.1, 0.15) is 5.75 Å². The normalized spacial score (nSPS) is 12.3. The maximum absolute atomic E-state index is 5.67. The fraction of sp³-hybridized carbons (Fsp3) is 0.333.